The summed E-state index contributed by atoms with van der Waals surface area (Å²) in [6, 6.07) is 12.7. The molecule has 0 saturated heterocycles. The first-order chi connectivity index (χ1) is 13.5. The predicted molar refractivity (Wildman–Crippen MR) is 108 cm³/mol. The van der Waals surface area contributed by atoms with Crippen molar-refractivity contribution in [3.8, 4) is 5.69 Å². The van der Waals surface area contributed by atoms with E-state index in [4.69, 9.17) is 0 Å². The molecule has 0 atom stereocenters. The van der Waals surface area contributed by atoms with Crippen molar-refractivity contribution in [1.82, 2.24) is 19.2 Å². The van der Waals surface area contributed by atoms with Gasteiger partial charge in [0.05, 0.1) is 5.75 Å². The monoisotopic (exact) mass is 458 g/mol. The van der Waals surface area contributed by atoms with Gasteiger partial charge >= 0.3 is 5.56 Å². The maximum atomic E-state index is 13.0. The van der Waals surface area contributed by atoms with E-state index in [0.29, 0.717) is 16.4 Å². The molecule has 0 spiro atoms. The fraction of sp³-hybridized carbons (Fsp3) is 0.0526. The minimum atomic E-state index is -0.394. The normalized spacial score (nSPS) is 11.1. The molecular weight excluding hydrogens is 447 g/mol. The van der Waals surface area contributed by atoms with Gasteiger partial charge in [0, 0.05) is 28.1 Å². The molecule has 140 valence electrons. The quantitative estimate of drug-likeness (QED) is 0.336. The number of nitrogens with zero attached hydrogens (tertiary/aromatic N) is 4. The van der Waals surface area contributed by atoms with Crippen LogP contribution in [0, 0.1) is 5.82 Å². The van der Waals surface area contributed by atoms with E-state index >= 15 is 0 Å². The number of hydrogen-bond acceptors (Lipinski definition) is 5. The largest absolute Gasteiger partial charge is 0.300 e. The first-order valence-corrected chi connectivity index (χ1v) is 9.95. The van der Waals surface area contributed by atoms with Crippen LogP contribution in [0.3, 0.4) is 0 Å². The fourth-order valence-electron chi connectivity index (χ4n) is 2.62. The van der Waals surface area contributed by atoms with Crippen molar-refractivity contribution in [3.05, 3.63) is 87.1 Å². The predicted octanol–water partition coefficient (Wildman–Crippen LogP) is 3.76. The molecule has 4 rings (SSSR count). The molecule has 0 aliphatic carbocycles. The maximum absolute atomic E-state index is 13.0. The molecule has 0 aliphatic rings. The summed E-state index contributed by atoms with van der Waals surface area (Å²) < 4.78 is 16.9. The van der Waals surface area contributed by atoms with Gasteiger partial charge in [0.25, 0.3) is 0 Å². The highest BCUT2D eigenvalue weighted by molar-refractivity contribution is 9.10. The number of halogens is 2. The van der Waals surface area contributed by atoms with Crippen molar-refractivity contribution in [2.75, 3.05) is 5.75 Å². The highest BCUT2D eigenvalue weighted by atomic mass is 79.9. The minimum Gasteiger partial charge on any atom is -0.293 e. The summed E-state index contributed by atoms with van der Waals surface area (Å²) in [7, 11) is 0. The summed E-state index contributed by atoms with van der Waals surface area (Å²) in [4.78, 5) is 25.0. The van der Waals surface area contributed by atoms with Crippen LogP contribution in [0.25, 0.3) is 11.3 Å². The molecule has 2 aromatic carbocycles. The highest BCUT2D eigenvalue weighted by Gasteiger charge is 2.14. The lowest BCUT2D eigenvalue weighted by atomic mass is 10.1. The molecule has 0 amide bonds. The molecule has 0 saturated carbocycles. The van der Waals surface area contributed by atoms with E-state index in [1.54, 1.807) is 16.8 Å². The first-order valence-electron chi connectivity index (χ1n) is 8.17. The number of rotatable bonds is 5. The fourth-order valence-corrected chi connectivity index (χ4v) is 3.69. The Morgan fingerprint density at radius 1 is 1.04 bits per heavy atom. The molecule has 2 heterocycles. The molecule has 0 fully saturated rings. The van der Waals surface area contributed by atoms with Crippen LogP contribution in [0.2, 0.25) is 0 Å². The van der Waals surface area contributed by atoms with E-state index in [1.807, 2.05) is 24.3 Å². The molecule has 6 nitrogen and oxygen atoms in total. The van der Waals surface area contributed by atoms with Crippen LogP contribution in [0.15, 0.2) is 75.3 Å². The van der Waals surface area contributed by atoms with Crippen molar-refractivity contribution < 1.29 is 9.18 Å². The standard InChI is InChI=1S/C19H12BrFN4O2S/c20-13-3-7-15(8-4-13)24-9-10-25-17(18(24)27)22-23-19(25)28-11-16(26)12-1-5-14(21)6-2-12/h1-10H,11H2. The summed E-state index contributed by atoms with van der Waals surface area (Å²) in [5, 5.41) is 8.44. The van der Waals surface area contributed by atoms with Crippen LogP contribution < -0.4 is 5.56 Å². The van der Waals surface area contributed by atoms with Gasteiger partial charge < -0.3 is 0 Å². The van der Waals surface area contributed by atoms with Crippen LogP contribution in [0.4, 0.5) is 4.39 Å². The van der Waals surface area contributed by atoms with Crippen LogP contribution in [0.1, 0.15) is 10.4 Å². The number of carbonyl (C=O) groups excluding carboxylic acids is 1. The Labute approximate surface area is 171 Å². The number of benzene rings is 2. The SMILES string of the molecule is O=C(CSc1nnc2c(=O)n(-c3ccc(Br)cc3)ccn12)c1ccc(F)cc1. The number of thioether (sulfide) groups is 1. The van der Waals surface area contributed by atoms with Gasteiger partial charge in [-0.25, -0.2) is 4.39 Å². The van der Waals surface area contributed by atoms with E-state index in [9.17, 15) is 14.0 Å². The molecule has 0 bridgehead atoms. The Balaban J connectivity index is 1.58. The van der Waals surface area contributed by atoms with Crippen LogP contribution in [-0.4, -0.2) is 30.7 Å². The zero-order valence-corrected chi connectivity index (χ0v) is 16.7. The molecule has 0 radical (unpaired) electrons. The van der Waals surface area contributed by atoms with Gasteiger partial charge in [0.15, 0.2) is 10.9 Å². The highest BCUT2D eigenvalue weighted by Crippen LogP contribution is 2.18. The Bertz CT molecular complexity index is 1220. The van der Waals surface area contributed by atoms with Gasteiger partial charge in [0.1, 0.15) is 5.82 Å². The topological polar surface area (TPSA) is 69.3 Å². The van der Waals surface area contributed by atoms with Crippen molar-refractivity contribution >= 4 is 39.1 Å². The van der Waals surface area contributed by atoms with E-state index in [1.165, 1.54) is 40.6 Å². The second-order valence-electron chi connectivity index (χ2n) is 5.84. The molecule has 9 heteroatoms. The molecule has 0 unspecified atom stereocenters. The molecule has 0 aliphatic heterocycles. The van der Waals surface area contributed by atoms with Crippen molar-refractivity contribution in [2.45, 2.75) is 5.16 Å². The lowest BCUT2D eigenvalue weighted by molar-refractivity contribution is 0.102. The Hall–Kier alpha value is -2.78. The number of fused-ring (bicyclic) bond motifs is 1. The average molecular weight is 459 g/mol. The van der Waals surface area contributed by atoms with E-state index in [-0.39, 0.29) is 22.7 Å². The zero-order valence-electron chi connectivity index (χ0n) is 14.3. The van der Waals surface area contributed by atoms with Crippen LogP contribution in [0.5, 0.6) is 0 Å². The van der Waals surface area contributed by atoms with Gasteiger partial charge in [-0.15, -0.1) is 10.2 Å². The zero-order chi connectivity index (χ0) is 19.7. The summed E-state index contributed by atoms with van der Waals surface area (Å²) in [6.45, 7) is 0. The van der Waals surface area contributed by atoms with Gasteiger partial charge in [-0.3, -0.25) is 18.6 Å². The minimum absolute atomic E-state index is 0.0994. The van der Waals surface area contributed by atoms with E-state index < -0.39 is 5.82 Å². The van der Waals surface area contributed by atoms with Crippen molar-refractivity contribution in [1.29, 1.82) is 0 Å². The Kier molecular flexibility index (Phi) is 5.10. The number of carbonyl (C=O) groups is 1. The van der Waals surface area contributed by atoms with Crippen LogP contribution in [-0.2, 0) is 0 Å². The Morgan fingerprint density at radius 3 is 2.46 bits per heavy atom. The van der Waals surface area contributed by atoms with Crippen molar-refractivity contribution in [2.24, 2.45) is 0 Å². The van der Waals surface area contributed by atoms with Gasteiger partial charge in [0.2, 0.25) is 5.65 Å². The summed E-state index contributed by atoms with van der Waals surface area (Å²) in [6.07, 6.45) is 3.32. The Morgan fingerprint density at radius 2 is 1.75 bits per heavy atom. The molecule has 4 aromatic rings. The van der Waals surface area contributed by atoms with Gasteiger partial charge in [-0.05, 0) is 48.5 Å². The van der Waals surface area contributed by atoms with E-state index in [2.05, 4.69) is 26.1 Å². The summed E-state index contributed by atoms with van der Waals surface area (Å²) in [5.74, 6) is -0.456. The third-order valence-corrected chi connectivity index (χ3v) is 5.51. The summed E-state index contributed by atoms with van der Waals surface area (Å²) in [5.41, 5.74) is 0.982. The molecular formula is C19H12BrFN4O2S. The summed E-state index contributed by atoms with van der Waals surface area (Å²) >= 11 is 4.53. The first kappa shape index (κ1) is 18.6. The van der Waals surface area contributed by atoms with Gasteiger partial charge in [-0.2, -0.15) is 0 Å². The number of Topliss-reactive ketones (excluding diaryl/α,β-unsaturated/α-hetero) is 1. The number of aromatic nitrogens is 4. The lowest BCUT2D eigenvalue weighted by Crippen LogP contribution is -2.20. The second kappa shape index (κ2) is 7.69. The average Bonchev–Trinajstić information content (AvgIpc) is 3.12. The molecule has 2 aromatic heterocycles. The lowest BCUT2D eigenvalue weighted by Gasteiger charge is -2.06. The molecule has 28 heavy (non-hydrogen) atoms. The molecule has 0 N–H and O–H groups in total. The number of ketones is 1. The van der Waals surface area contributed by atoms with Gasteiger partial charge in [-0.1, -0.05) is 27.7 Å². The number of hydrogen-bond donors (Lipinski definition) is 0. The maximum Gasteiger partial charge on any atom is 0.300 e. The third kappa shape index (κ3) is 3.63. The third-order valence-electron chi connectivity index (χ3n) is 4.04. The van der Waals surface area contributed by atoms with Crippen molar-refractivity contribution in [3.63, 3.8) is 0 Å². The second-order valence-corrected chi connectivity index (χ2v) is 7.70. The van der Waals surface area contributed by atoms with Crippen LogP contribution >= 0.6 is 27.7 Å². The smallest absolute Gasteiger partial charge is 0.293 e. The van der Waals surface area contributed by atoms with E-state index in [0.717, 1.165) is 4.47 Å².